The van der Waals surface area contributed by atoms with E-state index in [2.05, 4.69) is 4.98 Å². The summed E-state index contributed by atoms with van der Waals surface area (Å²) in [5.41, 5.74) is 1.82. The second-order valence-corrected chi connectivity index (χ2v) is 3.46. The first-order valence-corrected chi connectivity index (χ1v) is 4.64. The van der Waals surface area contributed by atoms with Crippen molar-refractivity contribution in [1.29, 1.82) is 0 Å². The normalized spacial score (nSPS) is 12.9. The predicted molar refractivity (Wildman–Crippen MR) is 55.6 cm³/mol. The average molecular weight is 205 g/mol. The first-order valence-electron chi connectivity index (χ1n) is 4.64. The van der Waals surface area contributed by atoms with Crippen LogP contribution in [0.3, 0.4) is 0 Å². The second kappa shape index (κ2) is 3.74. The molecule has 0 aliphatic carbocycles. The molecule has 1 atom stereocenters. The number of carboxylic acids is 1. The Balaban J connectivity index is 2.24. The molecule has 2 rings (SSSR count). The minimum absolute atomic E-state index is 0.135. The van der Waals surface area contributed by atoms with Gasteiger partial charge >= 0.3 is 5.97 Å². The zero-order chi connectivity index (χ0) is 10.8. The van der Waals surface area contributed by atoms with Crippen LogP contribution in [0.25, 0.3) is 10.9 Å². The Morgan fingerprint density at radius 1 is 1.40 bits per heavy atom. The molecule has 0 radical (unpaired) electrons. The highest BCUT2D eigenvalue weighted by Crippen LogP contribution is 2.15. The van der Waals surface area contributed by atoms with Gasteiger partial charge in [-0.3, -0.25) is 0 Å². The number of aliphatic hydroxyl groups excluding tert-OH is 1. The van der Waals surface area contributed by atoms with E-state index in [1.54, 1.807) is 0 Å². The summed E-state index contributed by atoms with van der Waals surface area (Å²) in [6.07, 6.45) is 0.625. The van der Waals surface area contributed by atoms with Gasteiger partial charge in [0.15, 0.2) is 6.10 Å². The highest BCUT2D eigenvalue weighted by atomic mass is 16.4. The van der Waals surface area contributed by atoms with Crippen LogP contribution in [-0.4, -0.2) is 27.3 Å². The summed E-state index contributed by atoms with van der Waals surface area (Å²) in [4.78, 5) is 13.5. The van der Waals surface area contributed by atoms with Gasteiger partial charge in [0.1, 0.15) is 0 Å². The third-order valence-corrected chi connectivity index (χ3v) is 2.33. The van der Waals surface area contributed by atoms with E-state index < -0.39 is 12.1 Å². The van der Waals surface area contributed by atoms with Crippen LogP contribution in [-0.2, 0) is 11.2 Å². The van der Waals surface area contributed by atoms with Gasteiger partial charge in [-0.15, -0.1) is 0 Å². The van der Waals surface area contributed by atoms with E-state index in [0.717, 1.165) is 16.5 Å². The molecule has 0 spiro atoms. The quantitative estimate of drug-likeness (QED) is 0.703. The van der Waals surface area contributed by atoms with Crippen LogP contribution in [0.1, 0.15) is 5.56 Å². The number of fused-ring (bicyclic) bond motifs is 1. The van der Waals surface area contributed by atoms with E-state index in [9.17, 15) is 9.90 Å². The van der Waals surface area contributed by atoms with E-state index >= 15 is 0 Å². The molecule has 0 saturated carbocycles. The summed E-state index contributed by atoms with van der Waals surface area (Å²) in [5, 5.41) is 18.8. The van der Waals surface area contributed by atoms with Crippen LogP contribution < -0.4 is 0 Å². The van der Waals surface area contributed by atoms with Crippen molar-refractivity contribution in [2.75, 3.05) is 0 Å². The minimum Gasteiger partial charge on any atom is -0.479 e. The number of aliphatic hydroxyl groups is 1. The van der Waals surface area contributed by atoms with Gasteiger partial charge in [-0.05, 0) is 29.1 Å². The molecule has 1 heterocycles. The van der Waals surface area contributed by atoms with Crippen LogP contribution >= 0.6 is 0 Å². The van der Waals surface area contributed by atoms with Crippen molar-refractivity contribution < 1.29 is 15.0 Å². The van der Waals surface area contributed by atoms with Crippen molar-refractivity contribution in [1.82, 2.24) is 4.98 Å². The van der Waals surface area contributed by atoms with Crippen molar-refractivity contribution in [3.63, 3.8) is 0 Å². The number of hydrogen-bond donors (Lipinski definition) is 3. The maximum absolute atomic E-state index is 10.5. The molecule has 0 bridgehead atoms. The number of rotatable bonds is 3. The molecule has 15 heavy (non-hydrogen) atoms. The zero-order valence-corrected chi connectivity index (χ0v) is 7.97. The number of carboxylic acid groups (broad SMARTS) is 1. The molecular weight excluding hydrogens is 194 g/mol. The fourth-order valence-corrected chi connectivity index (χ4v) is 1.54. The van der Waals surface area contributed by atoms with Gasteiger partial charge in [0.05, 0.1) is 0 Å². The molecule has 4 nitrogen and oxygen atoms in total. The number of H-pyrrole nitrogens is 1. The summed E-state index contributed by atoms with van der Waals surface area (Å²) in [6, 6.07) is 7.47. The van der Waals surface area contributed by atoms with Gasteiger partial charge in [0.25, 0.3) is 0 Å². The standard InChI is InChI=1S/C11H11NO3/c13-10(11(14)15)6-7-1-2-9-8(5-7)3-4-12-9/h1-5,10,12-13H,6H2,(H,14,15). The Hall–Kier alpha value is -1.81. The molecule has 3 N–H and O–H groups in total. The zero-order valence-electron chi connectivity index (χ0n) is 7.97. The van der Waals surface area contributed by atoms with E-state index in [0.29, 0.717) is 0 Å². The number of nitrogens with one attached hydrogen (secondary N) is 1. The summed E-state index contributed by atoms with van der Waals surface area (Å²) < 4.78 is 0. The lowest BCUT2D eigenvalue weighted by molar-refractivity contribution is -0.146. The first kappa shape index (κ1) is 9.73. The summed E-state index contributed by atoms with van der Waals surface area (Å²) in [6.45, 7) is 0. The van der Waals surface area contributed by atoms with E-state index in [-0.39, 0.29) is 6.42 Å². The van der Waals surface area contributed by atoms with Crippen molar-refractivity contribution in [3.8, 4) is 0 Å². The van der Waals surface area contributed by atoms with Crippen LogP contribution in [0, 0.1) is 0 Å². The number of aromatic nitrogens is 1. The molecule has 0 aliphatic heterocycles. The third-order valence-electron chi connectivity index (χ3n) is 2.33. The maximum atomic E-state index is 10.5. The summed E-state index contributed by atoms with van der Waals surface area (Å²) >= 11 is 0. The average Bonchev–Trinajstić information content (AvgIpc) is 2.64. The molecule has 2 aromatic rings. The molecule has 1 unspecified atom stereocenters. The SMILES string of the molecule is O=C(O)C(O)Cc1ccc2[nH]ccc2c1. The fraction of sp³-hybridized carbons (Fsp3) is 0.182. The Morgan fingerprint density at radius 3 is 2.93 bits per heavy atom. The molecule has 0 aliphatic rings. The molecule has 1 aromatic heterocycles. The van der Waals surface area contributed by atoms with Crippen LogP contribution in [0.4, 0.5) is 0 Å². The van der Waals surface area contributed by atoms with Crippen LogP contribution in [0.2, 0.25) is 0 Å². The van der Waals surface area contributed by atoms with E-state index in [1.165, 1.54) is 0 Å². The molecule has 4 heteroatoms. The summed E-state index contributed by atoms with van der Waals surface area (Å²) in [7, 11) is 0. The van der Waals surface area contributed by atoms with Gasteiger partial charge < -0.3 is 15.2 Å². The van der Waals surface area contributed by atoms with Crippen molar-refractivity contribution >= 4 is 16.9 Å². The minimum atomic E-state index is -1.33. The van der Waals surface area contributed by atoms with E-state index in [4.69, 9.17) is 5.11 Å². The van der Waals surface area contributed by atoms with Crippen LogP contribution in [0.5, 0.6) is 0 Å². The highest BCUT2D eigenvalue weighted by molar-refractivity contribution is 5.80. The van der Waals surface area contributed by atoms with Gasteiger partial charge in [-0.1, -0.05) is 6.07 Å². The lowest BCUT2D eigenvalue weighted by Gasteiger charge is -2.05. The molecule has 0 amide bonds. The number of hydrogen-bond acceptors (Lipinski definition) is 2. The van der Waals surface area contributed by atoms with Crippen molar-refractivity contribution in [2.24, 2.45) is 0 Å². The monoisotopic (exact) mass is 205 g/mol. The number of aliphatic carboxylic acids is 1. The van der Waals surface area contributed by atoms with Gasteiger partial charge in [0.2, 0.25) is 0 Å². The number of aromatic amines is 1. The van der Waals surface area contributed by atoms with E-state index in [1.807, 2.05) is 30.5 Å². The smallest absolute Gasteiger partial charge is 0.332 e. The Bertz CT molecular complexity index is 489. The molecule has 0 fully saturated rings. The van der Waals surface area contributed by atoms with Crippen molar-refractivity contribution in [3.05, 3.63) is 36.0 Å². The fourth-order valence-electron chi connectivity index (χ4n) is 1.54. The Morgan fingerprint density at radius 2 is 2.20 bits per heavy atom. The lowest BCUT2D eigenvalue weighted by Crippen LogP contribution is -2.21. The third kappa shape index (κ3) is 1.99. The van der Waals surface area contributed by atoms with Gasteiger partial charge in [0, 0.05) is 18.1 Å². The lowest BCUT2D eigenvalue weighted by atomic mass is 10.1. The largest absolute Gasteiger partial charge is 0.479 e. The maximum Gasteiger partial charge on any atom is 0.332 e. The second-order valence-electron chi connectivity index (χ2n) is 3.46. The van der Waals surface area contributed by atoms with Crippen molar-refractivity contribution in [2.45, 2.75) is 12.5 Å². The molecular formula is C11H11NO3. The topological polar surface area (TPSA) is 73.3 Å². The Labute approximate surface area is 86.2 Å². The highest BCUT2D eigenvalue weighted by Gasteiger charge is 2.13. The molecule has 78 valence electrons. The van der Waals surface area contributed by atoms with Gasteiger partial charge in [-0.2, -0.15) is 0 Å². The summed E-state index contributed by atoms with van der Waals surface area (Å²) in [5.74, 6) is -1.19. The van der Waals surface area contributed by atoms with Crippen LogP contribution in [0.15, 0.2) is 30.5 Å². The predicted octanol–water partition coefficient (Wildman–Crippen LogP) is 1.16. The number of benzene rings is 1. The van der Waals surface area contributed by atoms with Gasteiger partial charge in [-0.25, -0.2) is 4.79 Å². The first-order chi connectivity index (χ1) is 7.16. The molecule has 0 saturated heterocycles. The Kier molecular flexibility index (Phi) is 2.43. The number of carbonyl (C=O) groups is 1. The molecule has 1 aromatic carbocycles.